The number of rotatable bonds is 10. The van der Waals surface area contributed by atoms with Gasteiger partial charge < -0.3 is 13.7 Å². The van der Waals surface area contributed by atoms with Crippen LogP contribution in [-0.4, -0.2) is 28.7 Å². The molecule has 0 N–H and O–H groups in total. The summed E-state index contributed by atoms with van der Waals surface area (Å²) in [5, 5.41) is 7.20. The quantitative estimate of drug-likeness (QED) is 0.137. The molecule has 0 saturated carbocycles. The first-order valence-corrected chi connectivity index (χ1v) is 30.1. The highest BCUT2D eigenvalue weighted by Gasteiger charge is 2.28. The van der Waals surface area contributed by atoms with E-state index in [1.165, 1.54) is 38.2 Å². The number of allylic oxidation sites excluding steroid dienone is 8. The van der Waals surface area contributed by atoms with E-state index in [1.54, 1.807) is 0 Å². The molecular weight excluding hydrogens is 1060 g/mol. The van der Waals surface area contributed by atoms with Crippen LogP contribution in [-0.2, 0) is 0 Å². The highest BCUT2D eigenvalue weighted by Crippen LogP contribution is 2.47. The van der Waals surface area contributed by atoms with Gasteiger partial charge in [-0.1, -0.05) is 243 Å². The summed E-state index contributed by atoms with van der Waals surface area (Å²) in [6, 6.07) is 97.0. The van der Waals surface area contributed by atoms with Crippen molar-refractivity contribution >= 4 is 76.6 Å². The maximum Gasteiger partial charge on any atom is 0.163 e. The van der Waals surface area contributed by atoms with Gasteiger partial charge in [-0.3, -0.25) is 0 Å². The van der Waals surface area contributed by atoms with Gasteiger partial charge in [-0.15, -0.1) is 0 Å². The predicted molar refractivity (Wildman–Crippen MR) is 361 cm³/mol. The average Bonchev–Trinajstić information content (AvgIpc) is 1.87. The third-order valence-corrected chi connectivity index (χ3v) is 18.0. The van der Waals surface area contributed by atoms with E-state index >= 15 is 0 Å². The van der Waals surface area contributed by atoms with Crippen LogP contribution in [0.3, 0.4) is 0 Å². The van der Waals surface area contributed by atoms with Crippen LogP contribution >= 0.6 is 0 Å². The number of nitrogens with zero attached hydrogens (tertiary/aromatic N) is 6. The lowest BCUT2D eigenvalue weighted by Gasteiger charge is -2.22. The van der Waals surface area contributed by atoms with Crippen LogP contribution in [0.4, 0.5) is 0 Å². The Balaban J connectivity index is 0.942. The van der Waals surface area contributed by atoms with Gasteiger partial charge in [0, 0.05) is 72.1 Å². The van der Waals surface area contributed by atoms with Crippen molar-refractivity contribution < 1.29 is 0 Å². The SMILES string of the molecule is C1=CC(c2nc(C3=CCC(c4ccccc4)C=C3)nc(-c3cc(-c4ccccc4)c(-n4c5cc(-n6c7ccccc7c7ccccc76)ccc5c5c(-n6c7ccccc7c7ccccc76)cccc54)c(-c4ccccc4)c3)n2)CC=C1c1ccccc1. The summed E-state index contributed by atoms with van der Waals surface area (Å²) in [7, 11) is 0. The number of hydrogen-bond acceptors (Lipinski definition) is 3. The molecule has 0 amide bonds. The first-order chi connectivity index (χ1) is 43.2. The second-order valence-corrected chi connectivity index (χ2v) is 22.9. The Morgan fingerprint density at radius 2 is 0.805 bits per heavy atom. The summed E-state index contributed by atoms with van der Waals surface area (Å²) < 4.78 is 7.47. The van der Waals surface area contributed by atoms with Gasteiger partial charge in [0.25, 0.3) is 0 Å². The van der Waals surface area contributed by atoms with Crippen molar-refractivity contribution in [3.05, 3.63) is 326 Å². The lowest BCUT2D eigenvalue weighted by Crippen LogP contribution is -2.11. The Morgan fingerprint density at radius 3 is 1.37 bits per heavy atom. The van der Waals surface area contributed by atoms with E-state index in [0.717, 1.165) is 113 Å². The minimum Gasteiger partial charge on any atom is -0.309 e. The average molecular weight is 1110 g/mol. The van der Waals surface area contributed by atoms with Crippen molar-refractivity contribution in [3.8, 4) is 50.7 Å². The molecule has 4 aromatic heterocycles. The van der Waals surface area contributed by atoms with E-state index in [2.05, 4.69) is 317 Å². The summed E-state index contributed by atoms with van der Waals surface area (Å²) in [5.41, 5.74) is 19.9. The molecule has 6 heteroatoms. The standard InChI is InChI=1S/C81H56N6/c1-5-22-53(23-6-1)55-40-44-59(45-41-55)79-82-80(60-46-42-56(43-47-60)54-24-7-2-8-25-54)84-81(83-79)61-50-68(57-26-9-3-10-27-57)78(69(51-61)58-28-11-4-12-29-58)87-75-39-21-38-74(86-72-36-19-15-32-65(72)66-33-16-20-37-73(66)86)77(75)67-49-48-62(52-76(67)87)85-70-34-17-13-30-63(70)64-31-14-18-35-71(64)85/h1-42,44,46-52,56,59H,43,45H2. The fourth-order valence-electron chi connectivity index (χ4n) is 13.9. The van der Waals surface area contributed by atoms with E-state index < -0.39 is 0 Å². The van der Waals surface area contributed by atoms with Gasteiger partial charge in [-0.2, -0.15) is 0 Å². The maximum absolute atomic E-state index is 5.56. The summed E-state index contributed by atoms with van der Waals surface area (Å²) >= 11 is 0. The van der Waals surface area contributed by atoms with Crippen LogP contribution in [0.25, 0.3) is 127 Å². The Labute approximate surface area is 504 Å². The molecular formula is C81H56N6. The molecule has 2 aliphatic carbocycles. The van der Waals surface area contributed by atoms with Crippen LogP contribution in [0, 0.1) is 0 Å². The molecule has 0 spiro atoms. The predicted octanol–water partition coefficient (Wildman–Crippen LogP) is 20.4. The Hall–Kier alpha value is -11.2. The van der Waals surface area contributed by atoms with Crippen LogP contribution in [0.1, 0.15) is 47.5 Å². The number of benzene rings is 11. The highest BCUT2D eigenvalue weighted by atomic mass is 15.1. The topological polar surface area (TPSA) is 53.5 Å². The third kappa shape index (κ3) is 8.51. The molecule has 4 heterocycles. The molecule has 0 fully saturated rings. The van der Waals surface area contributed by atoms with Gasteiger partial charge in [0.05, 0.1) is 44.5 Å². The molecule has 2 atom stereocenters. The van der Waals surface area contributed by atoms with Crippen LogP contribution in [0.15, 0.2) is 303 Å². The van der Waals surface area contributed by atoms with E-state index in [0.29, 0.717) is 11.6 Å². The number of fused-ring (bicyclic) bond motifs is 9. The number of aromatic nitrogens is 6. The summed E-state index contributed by atoms with van der Waals surface area (Å²) in [5.74, 6) is 2.26. The van der Waals surface area contributed by atoms with E-state index in [1.807, 2.05) is 0 Å². The van der Waals surface area contributed by atoms with Crippen LogP contribution in [0.2, 0.25) is 0 Å². The minimum atomic E-state index is -0.0604. The molecule has 0 aliphatic heterocycles. The largest absolute Gasteiger partial charge is 0.309 e. The maximum atomic E-state index is 5.56. The smallest absolute Gasteiger partial charge is 0.163 e. The minimum absolute atomic E-state index is 0.0604. The Bertz CT molecular complexity index is 5160. The monoisotopic (exact) mass is 1110 g/mol. The molecule has 11 aromatic carbocycles. The van der Waals surface area contributed by atoms with Crippen molar-refractivity contribution in [2.24, 2.45) is 0 Å². The van der Waals surface area contributed by atoms with Gasteiger partial charge in [0.1, 0.15) is 5.82 Å². The number of hydrogen-bond donors (Lipinski definition) is 0. The zero-order chi connectivity index (χ0) is 57.4. The first kappa shape index (κ1) is 50.3. The van der Waals surface area contributed by atoms with Crippen molar-refractivity contribution in [1.82, 2.24) is 28.7 Å². The lowest BCUT2D eigenvalue weighted by molar-refractivity contribution is 0.757. The Morgan fingerprint density at radius 1 is 0.322 bits per heavy atom. The van der Waals surface area contributed by atoms with Crippen LogP contribution < -0.4 is 0 Å². The van der Waals surface area contributed by atoms with E-state index in [9.17, 15) is 0 Å². The summed E-state index contributed by atoms with van der Waals surface area (Å²) in [6.45, 7) is 0. The molecule has 0 bridgehead atoms. The highest BCUT2D eigenvalue weighted by molar-refractivity contribution is 6.18. The van der Waals surface area contributed by atoms with Crippen molar-refractivity contribution in [2.75, 3.05) is 0 Å². The van der Waals surface area contributed by atoms with Crippen molar-refractivity contribution in [2.45, 2.75) is 24.7 Å². The zero-order valence-electron chi connectivity index (χ0n) is 47.6. The second-order valence-electron chi connectivity index (χ2n) is 22.9. The normalized spacial score (nSPS) is 15.1. The second kappa shape index (κ2) is 20.8. The molecule has 6 nitrogen and oxygen atoms in total. The first-order valence-electron chi connectivity index (χ1n) is 30.1. The van der Waals surface area contributed by atoms with Crippen molar-refractivity contribution in [3.63, 3.8) is 0 Å². The molecule has 17 rings (SSSR count). The zero-order valence-corrected chi connectivity index (χ0v) is 47.6. The molecule has 2 unspecified atom stereocenters. The van der Waals surface area contributed by atoms with Crippen molar-refractivity contribution in [1.29, 1.82) is 0 Å². The fourth-order valence-corrected chi connectivity index (χ4v) is 13.9. The molecule has 410 valence electrons. The lowest BCUT2D eigenvalue weighted by atomic mass is 9.90. The Kier molecular flexibility index (Phi) is 12.1. The van der Waals surface area contributed by atoms with E-state index in [4.69, 9.17) is 15.0 Å². The van der Waals surface area contributed by atoms with Gasteiger partial charge in [0.2, 0.25) is 0 Å². The fraction of sp³-hybridized carbons (Fsp3) is 0.0494. The molecule has 0 saturated heterocycles. The number of para-hydroxylation sites is 4. The third-order valence-electron chi connectivity index (χ3n) is 18.0. The summed E-state index contributed by atoms with van der Waals surface area (Å²) in [4.78, 5) is 16.5. The van der Waals surface area contributed by atoms with Gasteiger partial charge in [-0.05, 0) is 101 Å². The molecule has 15 aromatic rings. The van der Waals surface area contributed by atoms with Crippen LogP contribution in [0.5, 0.6) is 0 Å². The summed E-state index contributed by atoms with van der Waals surface area (Å²) in [6.07, 6.45) is 15.3. The molecule has 87 heavy (non-hydrogen) atoms. The van der Waals surface area contributed by atoms with Gasteiger partial charge in [-0.25, -0.2) is 15.0 Å². The molecule has 2 aliphatic rings. The van der Waals surface area contributed by atoms with Gasteiger partial charge >= 0.3 is 0 Å². The van der Waals surface area contributed by atoms with E-state index in [-0.39, 0.29) is 11.8 Å². The molecule has 0 radical (unpaired) electrons. The van der Waals surface area contributed by atoms with Gasteiger partial charge in [0.15, 0.2) is 11.6 Å².